The normalized spacial score (nSPS) is 10.8. The van der Waals surface area contributed by atoms with E-state index in [0.717, 1.165) is 22.6 Å². The van der Waals surface area contributed by atoms with Crippen LogP contribution < -0.4 is 9.47 Å². The van der Waals surface area contributed by atoms with Crippen LogP contribution in [0.2, 0.25) is 5.02 Å². The van der Waals surface area contributed by atoms with Crippen LogP contribution in [-0.2, 0) is 13.2 Å². The van der Waals surface area contributed by atoms with Crippen LogP contribution in [0.4, 0.5) is 0 Å². The molecule has 7 heteroatoms. The van der Waals surface area contributed by atoms with Crippen LogP contribution in [0.3, 0.4) is 0 Å². The van der Waals surface area contributed by atoms with E-state index in [2.05, 4.69) is 10.1 Å². The van der Waals surface area contributed by atoms with Gasteiger partial charge in [-0.15, -0.1) is 0 Å². The van der Waals surface area contributed by atoms with Crippen molar-refractivity contribution in [3.05, 3.63) is 58.9 Å². The Bertz CT molecular complexity index is 878. The SMILES string of the molecule is COc1cccc(-c2nc(CO)nn2CCOc2ccc(Cl)cc2)c1C. The average Bonchev–Trinajstić information content (AvgIpc) is 3.06. The Labute approximate surface area is 157 Å². The number of hydrogen-bond donors (Lipinski definition) is 1. The maximum Gasteiger partial charge on any atom is 0.176 e. The van der Waals surface area contributed by atoms with Gasteiger partial charge in [0, 0.05) is 16.1 Å². The molecule has 1 heterocycles. The van der Waals surface area contributed by atoms with Crippen LogP contribution in [0.1, 0.15) is 11.4 Å². The standard InChI is InChI=1S/C19H20ClN3O3/c1-13-16(4-3-5-17(13)25-2)19-21-18(12-24)22-23(19)10-11-26-15-8-6-14(20)7-9-15/h3-9,24H,10-12H2,1-2H3. The number of ether oxygens (including phenoxy) is 2. The first-order valence-electron chi connectivity index (χ1n) is 8.19. The second kappa shape index (κ2) is 8.21. The molecule has 0 radical (unpaired) electrons. The quantitative estimate of drug-likeness (QED) is 0.686. The van der Waals surface area contributed by atoms with E-state index < -0.39 is 0 Å². The van der Waals surface area contributed by atoms with Gasteiger partial charge in [0.1, 0.15) is 24.7 Å². The van der Waals surface area contributed by atoms with E-state index in [-0.39, 0.29) is 6.61 Å². The van der Waals surface area contributed by atoms with Crippen LogP contribution >= 0.6 is 11.6 Å². The van der Waals surface area contributed by atoms with Crippen molar-refractivity contribution in [1.29, 1.82) is 0 Å². The van der Waals surface area contributed by atoms with Gasteiger partial charge in [-0.3, -0.25) is 0 Å². The summed E-state index contributed by atoms with van der Waals surface area (Å²) in [6, 6.07) is 13.0. The molecule has 0 saturated heterocycles. The zero-order chi connectivity index (χ0) is 18.5. The molecule has 0 aliphatic rings. The molecular weight excluding hydrogens is 354 g/mol. The van der Waals surface area contributed by atoms with E-state index >= 15 is 0 Å². The molecule has 0 fully saturated rings. The van der Waals surface area contributed by atoms with Crippen LogP contribution in [0, 0.1) is 6.92 Å². The summed E-state index contributed by atoms with van der Waals surface area (Å²) in [6.45, 7) is 2.64. The number of aliphatic hydroxyl groups excluding tert-OH is 1. The Morgan fingerprint density at radius 1 is 1.15 bits per heavy atom. The number of aromatic nitrogens is 3. The Kier molecular flexibility index (Phi) is 5.75. The number of halogens is 1. The number of methoxy groups -OCH3 is 1. The number of rotatable bonds is 7. The Balaban J connectivity index is 1.81. The average molecular weight is 374 g/mol. The maximum absolute atomic E-state index is 9.41. The van der Waals surface area contributed by atoms with Gasteiger partial charge in [-0.2, -0.15) is 5.10 Å². The van der Waals surface area contributed by atoms with Crippen LogP contribution in [0.25, 0.3) is 11.4 Å². The van der Waals surface area contributed by atoms with Crippen LogP contribution in [0.5, 0.6) is 11.5 Å². The van der Waals surface area contributed by atoms with Gasteiger partial charge in [-0.25, -0.2) is 9.67 Å². The third-order valence-corrected chi connectivity index (χ3v) is 4.24. The van der Waals surface area contributed by atoms with E-state index in [1.807, 2.05) is 37.3 Å². The molecule has 0 aliphatic carbocycles. The number of hydrogen-bond acceptors (Lipinski definition) is 5. The van der Waals surface area contributed by atoms with Crippen molar-refractivity contribution in [3.8, 4) is 22.9 Å². The van der Waals surface area contributed by atoms with Gasteiger partial charge < -0.3 is 14.6 Å². The molecule has 6 nitrogen and oxygen atoms in total. The molecule has 3 aromatic rings. The van der Waals surface area contributed by atoms with E-state index in [1.165, 1.54) is 0 Å². The number of benzene rings is 2. The molecule has 1 N–H and O–H groups in total. The van der Waals surface area contributed by atoms with Gasteiger partial charge in [0.05, 0.1) is 13.7 Å². The topological polar surface area (TPSA) is 69.4 Å². The number of aliphatic hydroxyl groups is 1. The molecular formula is C19H20ClN3O3. The van der Waals surface area contributed by atoms with Crippen molar-refractivity contribution >= 4 is 11.6 Å². The summed E-state index contributed by atoms with van der Waals surface area (Å²) >= 11 is 5.88. The lowest BCUT2D eigenvalue weighted by atomic mass is 10.1. The van der Waals surface area contributed by atoms with Gasteiger partial charge in [0.15, 0.2) is 11.6 Å². The van der Waals surface area contributed by atoms with Crippen LogP contribution in [-0.4, -0.2) is 33.6 Å². The maximum atomic E-state index is 9.41. The molecule has 26 heavy (non-hydrogen) atoms. The monoisotopic (exact) mass is 373 g/mol. The molecule has 0 amide bonds. The van der Waals surface area contributed by atoms with Crippen molar-refractivity contribution in [3.63, 3.8) is 0 Å². The second-order valence-electron chi connectivity index (χ2n) is 5.67. The minimum Gasteiger partial charge on any atom is -0.496 e. The highest BCUT2D eigenvalue weighted by molar-refractivity contribution is 6.30. The molecule has 0 saturated carbocycles. The smallest absolute Gasteiger partial charge is 0.176 e. The third kappa shape index (κ3) is 3.98. The molecule has 2 aromatic carbocycles. The largest absolute Gasteiger partial charge is 0.496 e. The number of nitrogens with zero attached hydrogens (tertiary/aromatic N) is 3. The Morgan fingerprint density at radius 2 is 1.92 bits per heavy atom. The molecule has 1 aromatic heterocycles. The third-order valence-electron chi connectivity index (χ3n) is 3.99. The molecule has 0 spiro atoms. The highest BCUT2D eigenvalue weighted by atomic mass is 35.5. The first kappa shape index (κ1) is 18.2. The molecule has 0 unspecified atom stereocenters. The Hall–Kier alpha value is -2.57. The summed E-state index contributed by atoms with van der Waals surface area (Å²) in [5, 5.41) is 14.4. The van der Waals surface area contributed by atoms with Crippen molar-refractivity contribution in [2.45, 2.75) is 20.1 Å². The Morgan fingerprint density at radius 3 is 2.62 bits per heavy atom. The summed E-state index contributed by atoms with van der Waals surface area (Å²) < 4.78 is 12.9. The van der Waals surface area contributed by atoms with Gasteiger partial charge in [0.25, 0.3) is 0 Å². The fourth-order valence-electron chi connectivity index (χ4n) is 2.67. The highest BCUT2D eigenvalue weighted by Gasteiger charge is 2.15. The minimum absolute atomic E-state index is 0.221. The predicted molar refractivity (Wildman–Crippen MR) is 99.6 cm³/mol. The summed E-state index contributed by atoms with van der Waals surface area (Å²) in [5.74, 6) is 2.55. The molecule has 0 bridgehead atoms. The first-order chi connectivity index (χ1) is 12.6. The van der Waals surface area contributed by atoms with Gasteiger partial charge in [-0.1, -0.05) is 23.7 Å². The molecule has 0 aliphatic heterocycles. The highest BCUT2D eigenvalue weighted by Crippen LogP contribution is 2.29. The van der Waals surface area contributed by atoms with E-state index in [0.29, 0.717) is 29.8 Å². The molecule has 3 rings (SSSR count). The van der Waals surface area contributed by atoms with Gasteiger partial charge in [-0.05, 0) is 37.3 Å². The van der Waals surface area contributed by atoms with E-state index in [4.69, 9.17) is 21.1 Å². The van der Waals surface area contributed by atoms with Crippen molar-refractivity contribution in [2.24, 2.45) is 0 Å². The first-order valence-corrected chi connectivity index (χ1v) is 8.57. The van der Waals surface area contributed by atoms with E-state index in [9.17, 15) is 5.11 Å². The zero-order valence-corrected chi connectivity index (χ0v) is 15.4. The lowest BCUT2D eigenvalue weighted by Gasteiger charge is -2.12. The lowest BCUT2D eigenvalue weighted by molar-refractivity contribution is 0.266. The molecule has 136 valence electrons. The van der Waals surface area contributed by atoms with E-state index in [1.54, 1.807) is 23.9 Å². The van der Waals surface area contributed by atoms with Crippen LogP contribution in [0.15, 0.2) is 42.5 Å². The summed E-state index contributed by atoms with van der Waals surface area (Å²) in [6.07, 6.45) is 0. The lowest BCUT2D eigenvalue weighted by Crippen LogP contribution is -2.11. The van der Waals surface area contributed by atoms with Crippen molar-refractivity contribution in [2.75, 3.05) is 13.7 Å². The minimum atomic E-state index is -0.221. The fourth-order valence-corrected chi connectivity index (χ4v) is 2.80. The fraction of sp³-hybridized carbons (Fsp3) is 0.263. The summed E-state index contributed by atoms with van der Waals surface area (Å²) in [7, 11) is 1.63. The summed E-state index contributed by atoms with van der Waals surface area (Å²) in [5.41, 5.74) is 1.87. The van der Waals surface area contributed by atoms with Crippen molar-refractivity contribution in [1.82, 2.24) is 14.8 Å². The van der Waals surface area contributed by atoms with Gasteiger partial charge in [0.2, 0.25) is 0 Å². The van der Waals surface area contributed by atoms with Gasteiger partial charge >= 0.3 is 0 Å². The summed E-state index contributed by atoms with van der Waals surface area (Å²) in [4.78, 5) is 4.45. The zero-order valence-electron chi connectivity index (χ0n) is 14.6. The molecule has 0 atom stereocenters. The second-order valence-corrected chi connectivity index (χ2v) is 6.10. The predicted octanol–water partition coefficient (Wildman–Crippen LogP) is 3.49. The van der Waals surface area contributed by atoms with Crippen molar-refractivity contribution < 1.29 is 14.6 Å².